The smallest absolute Gasteiger partial charge is 0.264 e. The van der Waals surface area contributed by atoms with Gasteiger partial charge in [-0.15, -0.1) is 0 Å². The minimum absolute atomic E-state index is 0.0473. The summed E-state index contributed by atoms with van der Waals surface area (Å²) in [6.45, 7) is 6.45. The number of rotatable bonds is 7. The lowest BCUT2D eigenvalue weighted by Gasteiger charge is -2.18. The Morgan fingerprint density at radius 2 is 2.00 bits per heavy atom. The van der Waals surface area contributed by atoms with Crippen molar-refractivity contribution in [2.75, 3.05) is 6.61 Å². The second kappa shape index (κ2) is 10.1. The lowest BCUT2D eigenvalue weighted by molar-refractivity contribution is -0.115. The Morgan fingerprint density at radius 1 is 1.27 bits per heavy atom. The molecule has 8 heteroatoms. The van der Waals surface area contributed by atoms with Gasteiger partial charge in [-0.1, -0.05) is 6.92 Å². The molecule has 0 radical (unpaired) electrons. The number of amidine groups is 1. The van der Waals surface area contributed by atoms with Crippen molar-refractivity contribution < 1.29 is 18.7 Å². The molecular formula is C22H22BrFN2O3S. The van der Waals surface area contributed by atoms with E-state index in [2.05, 4.69) is 33.2 Å². The van der Waals surface area contributed by atoms with Crippen LogP contribution in [0, 0.1) is 5.82 Å². The molecule has 1 heterocycles. The van der Waals surface area contributed by atoms with Crippen LogP contribution in [0.2, 0.25) is 0 Å². The Bertz CT molecular complexity index is 993. The van der Waals surface area contributed by atoms with Crippen molar-refractivity contribution in [2.45, 2.75) is 33.3 Å². The van der Waals surface area contributed by atoms with Crippen LogP contribution in [-0.4, -0.2) is 23.8 Å². The quantitative estimate of drug-likeness (QED) is 0.477. The molecule has 1 amide bonds. The summed E-state index contributed by atoms with van der Waals surface area (Å²) in [6, 6.07) is 9.50. The van der Waals surface area contributed by atoms with E-state index in [1.807, 2.05) is 26.0 Å². The molecule has 1 aliphatic rings. The summed E-state index contributed by atoms with van der Waals surface area (Å²) in [5.41, 5.74) is 1.36. The minimum atomic E-state index is -0.334. The summed E-state index contributed by atoms with van der Waals surface area (Å²) >= 11 is 4.78. The number of carbonyl (C=O) groups is 1. The van der Waals surface area contributed by atoms with Gasteiger partial charge in [0.1, 0.15) is 5.82 Å². The fraction of sp³-hybridized carbons (Fsp3) is 0.273. The number of halogens is 2. The van der Waals surface area contributed by atoms with Crippen molar-refractivity contribution in [1.82, 2.24) is 5.32 Å². The summed E-state index contributed by atoms with van der Waals surface area (Å²) in [6.07, 6.45) is 2.69. The maximum absolute atomic E-state index is 13.0. The van der Waals surface area contributed by atoms with E-state index in [4.69, 9.17) is 9.47 Å². The van der Waals surface area contributed by atoms with Crippen molar-refractivity contribution in [1.29, 1.82) is 0 Å². The van der Waals surface area contributed by atoms with Gasteiger partial charge in [-0.3, -0.25) is 4.79 Å². The first-order valence-electron chi connectivity index (χ1n) is 9.57. The zero-order chi connectivity index (χ0) is 21.7. The molecule has 0 bridgehead atoms. The van der Waals surface area contributed by atoms with Crippen LogP contribution in [0.25, 0.3) is 6.08 Å². The van der Waals surface area contributed by atoms with Gasteiger partial charge in [-0.25, -0.2) is 9.38 Å². The van der Waals surface area contributed by atoms with Crippen molar-refractivity contribution in [3.8, 4) is 11.5 Å². The first-order valence-corrected chi connectivity index (χ1v) is 11.2. The van der Waals surface area contributed by atoms with E-state index < -0.39 is 0 Å². The highest BCUT2D eigenvalue weighted by Gasteiger charge is 2.24. The molecule has 2 aromatic carbocycles. The molecule has 0 saturated carbocycles. The zero-order valence-corrected chi connectivity index (χ0v) is 19.3. The highest BCUT2D eigenvalue weighted by Crippen LogP contribution is 2.39. The molecule has 1 unspecified atom stereocenters. The van der Waals surface area contributed by atoms with Crippen molar-refractivity contribution >= 4 is 50.5 Å². The summed E-state index contributed by atoms with van der Waals surface area (Å²) < 4.78 is 25.6. The van der Waals surface area contributed by atoms with E-state index in [1.54, 1.807) is 18.2 Å². The van der Waals surface area contributed by atoms with Crippen molar-refractivity contribution in [3.05, 3.63) is 57.2 Å². The number of carbonyl (C=O) groups excluding carboxylic acids is 1. The maximum Gasteiger partial charge on any atom is 0.264 e. The minimum Gasteiger partial charge on any atom is -0.490 e. The van der Waals surface area contributed by atoms with Gasteiger partial charge in [0, 0.05) is 0 Å². The number of amides is 1. The van der Waals surface area contributed by atoms with Crippen LogP contribution >= 0.6 is 27.7 Å². The number of ether oxygens (including phenoxy) is 2. The molecular weight excluding hydrogens is 471 g/mol. The van der Waals surface area contributed by atoms with Crippen LogP contribution in [-0.2, 0) is 4.79 Å². The van der Waals surface area contributed by atoms with Gasteiger partial charge >= 0.3 is 0 Å². The first-order chi connectivity index (χ1) is 14.4. The van der Waals surface area contributed by atoms with E-state index in [0.29, 0.717) is 33.9 Å². The third-order valence-electron chi connectivity index (χ3n) is 4.23. The Labute approximate surface area is 187 Å². The third-order valence-corrected chi connectivity index (χ3v) is 5.73. The van der Waals surface area contributed by atoms with Gasteiger partial charge in [-0.2, -0.15) is 0 Å². The second-order valence-electron chi connectivity index (χ2n) is 6.56. The lowest BCUT2D eigenvalue weighted by Crippen LogP contribution is -2.19. The normalized spacial score (nSPS) is 17.3. The largest absolute Gasteiger partial charge is 0.490 e. The van der Waals surface area contributed by atoms with Crippen LogP contribution in [0.4, 0.5) is 10.1 Å². The van der Waals surface area contributed by atoms with Crippen LogP contribution in [0.3, 0.4) is 0 Å². The summed E-state index contributed by atoms with van der Waals surface area (Å²) in [5, 5.41) is 3.17. The van der Waals surface area contributed by atoms with Gasteiger partial charge in [-0.05, 0) is 96.0 Å². The molecule has 1 aliphatic heterocycles. The Morgan fingerprint density at radius 3 is 2.67 bits per heavy atom. The molecule has 0 aromatic heterocycles. The Hall–Kier alpha value is -2.32. The number of hydrogen-bond donors (Lipinski definition) is 1. The van der Waals surface area contributed by atoms with E-state index >= 15 is 0 Å². The predicted molar refractivity (Wildman–Crippen MR) is 123 cm³/mol. The van der Waals surface area contributed by atoms with Crippen molar-refractivity contribution in [3.63, 3.8) is 0 Å². The lowest BCUT2D eigenvalue weighted by atomic mass is 10.1. The van der Waals surface area contributed by atoms with Gasteiger partial charge in [0.05, 0.1) is 27.8 Å². The van der Waals surface area contributed by atoms with Gasteiger partial charge in [0.25, 0.3) is 5.91 Å². The van der Waals surface area contributed by atoms with Crippen molar-refractivity contribution in [2.24, 2.45) is 4.99 Å². The molecule has 1 fully saturated rings. The average Bonchev–Trinajstić information content (AvgIpc) is 3.05. The highest BCUT2D eigenvalue weighted by molar-refractivity contribution is 9.10. The van der Waals surface area contributed by atoms with Gasteiger partial charge in [0.15, 0.2) is 16.7 Å². The first kappa shape index (κ1) is 22.4. The topological polar surface area (TPSA) is 59.9 Å². The molecule has 2 aromatic rings. The fourth-order valence-corrected chi connectivity index (χ4v) is 3.99. The standard InChI is InChI=1S/C22H22BrFN2O3S/c1-4-13(3)29-20-17(23)10-14(11-18(20)28-5-2)12-19-21(27)26-22(30-19)25-16-8-6-15(24)7-9-16/h6-13H,4-5H2,1-3H3,(H,25,26,27)/b19-12+. The van der Waals surface area contributed by atoms with Crippen LogP contribution in [0.1, 0.15) is 32.8 Å². The molecule has 0 spiro atoms. The third kappa shape index (κ3) is 5.64. The summed E-state index contributed by atoms with van der Waals surface area (Å²) in [5.74, 6) is 0.687. The maximum atomic E-state index is 13.0. The van der Waals surface area contributed by atoms with E-state index in [-0.39, 0.29) is 17.8 Å². The molecule has 3 rings (SSSR count). The van der Waals surface area contributed by atoms with Gasteiger partial charge < -0.3 is 14.8 Å². The van der Waals surface area contributed by atoms with Crippen LogP contribution in [0.15, 0.2) is 50.8 Å². The van der Waals surface area contributed by atoms with E-state index in [1.165, 1.54) is 23.9 Å². The zero-order valence-electron chi connectivity index (χ0n) is 16.9. The van der Waals surface area contributed by atoms with Crippen LogP contribution < -0.4 is 14.8 Å². The molecule has 30 heavy (non-hydrogen) atoms. The second-order valence-corrected chi connectivity index (χ2v) is 8.44. The Balaban J connectivity index is 1.86. The summed E-state index contributed by atoms with van der Waals surface area (Å²) in [7, 11) is 0. The number of aliphatic imine (C=N–C) groups is 1. The molecule has 1 atom stereocenters. The number of nitrogens with one attached hydrogen (secondary N) is 1. The van der Waals surface area contributed by atoms with Gasteiger partial charge in [0.2, 0.25) is 0 Å². The number of thioether (sulfide) groups is 1. The number of hydrogen-bond acceptors (Lipinski definition) is 5. The number of benzene rings is 2. The number of nitrogens with zero attached hydrogens (tertiary/aromatic N) is 1. The predicted octanol–water partition coefficient (Wildman–Crippen LogP) is 6.06. The van der Waals surface area contributed by atoms with E-state index in [0.717, 1.165) is 16.5 Å². The van der Waals surface area contributed by atoms with Crippen LogP contribution in [0.5, 0.6) is 11.5 Å². The molecule has 5 nitrogen and oxygen atoms in total. The molecule has 1 saturated heterocycles. The molecule has 158 valence electrons. The fourth-order valence-electron chi connectivity index (χ4n) is 2.60. The average molecular weight is 493 g/mol. The molecule has 1 N–H and O–H groups in total. The monoisotopic (exact) mass is 492 g/mol. The summed E-state index contributed by atoms with van der Waals surface area (Å²) in [4.78, 5) is 17.2. The Kier molecular flexibility index (Phi) is 7.55. The SMILES string of the molecule is CCOc1cc(/C=C2/SC(=Nc3ccc(F)cc3)NC2=O)cc(Br)c1OC(C)CC. The van der Waals surface area contributed by atoms with E-state index in [9.17, 15) is 9.18 Å². The highest BCUT2D eigenvalue weighted by atomic mass is 79.9. The molecule has 0 aliphatic carbocycles.